The molecule has 1 atom stereocenters. The minimum absolute atomic E-state index is 0.0112. The Balaban J connectivity index is 1.94. The molecule has 3 rings (SSSR count). The first-order valence-electron chi connectivity index (χ1n) is 8.30. The number of carbonyl (C=O) groups is 1. The van der Waals surface area contributed by atoms with Crippen molar-refractivity contribution in [3.8, 4) is 11.5 Å². The highest BCUT2D eigenvalue weighted by Gasteiger charge is 2.45. The van der Waals surface area contributed by atoms with Crippen LogP contribution in [-0.2, 0) is 4.74 Å². The Kier molecular flexibility index (Phi) is 5.37. The van der Waals surface area contributed by atoms with E-state index in [1.165, 1.54) is 0 Å². The lowest BCUT2D eigenvalue weighted by molar-refractivity contribution is 0.0945. The minimum atomic E-state index is -1.08. The van der Waals surface area contributed by atoms with Gasteiger partial charge in [0.15, 0.2) is 17.3 Å². The maximum Gasteiger partial charge on any atom is 0.175 e. The van der Waals surface area contributed by atoms with Crippen LogP contribution >= 0.6 is 28.4 Å². The zero-order chi connectivity index (χ0) is 17.4. The van der Waals surface area contributed by atoms with E-state index in [9.17, 15) is 4.79 Å². The monoisotopic (exact) mass is 464 g/mol. The first kappa shape index (κ1) is 18.3. The van der Waals surface area contributed by atoms with Crippen molar-refractivity contribution in [3.63, 3.8) is 0 Å². The molecule has 1 aromatic rings. The second-order valence-electron chi connectivity index (χ2n) is 7.33. The highest BCUT2D eigenvalue weighted by Crippen LogP contribution is 2.65. The summed E-state index contributed by atoms with van der Waals surface area (Å²) in [5, 5.41) is 0.0112. The number of fused-ring (bicyclic) bond motifs is 1. The van der Waals surface area contributed by atoms with E-state index in [1.807, 2.05) is 18.2 Å². The summed E-state index contributed by atoms with van der Waals surface area (Å²) in [5.74, 6) is 3.63. The molecule has 1 saturated heterocycles. The molecular weight excluding hydrogens is 439 g/mol. The Bertz CT molecular complexity index is 620. The third-order valence-electron chi connectivity index (χ3n) is 4.41. The van der Waals surface area contributed by atoms with Gasteiger partial charge in [-0.25, -0.2) is 0 Å². The van der Waals surface area contributed by atoms with Gasteiger partial charge < -0.3 is 14.2 Å². The first-order valence-corrected chi connectivity index (χ1v) is 12.9. The number of halogens is 1. The fourth-order valence-electron chi connectivity index (χ4n) is 3.40. The Morgan fingerprint density at radius 3 is 2.33 bits per heavy atom. The fourth-order valence-corrected chi connectivity index (χ4v) is 10.7. The molecule has 0 aliphatic carbocycles. The van der Waals surface area contributed by atoms with Gasteiger partial charge in [0.05, 0.1) is 18.5 Å². The Hall–Kier alpha value is -0.470. The topological polar surface area (TPSA) is 44.8 Å². The zero-order valence-electron chi connectivity index (χ0n) is 14.5. The number of hydrogen-bond acceptors (Lipinski definition) is 4. The van der Waals surface area contributed by atoms with Gasteiger partial charge in [-0.3, -0.25) is 4.79 Å². The van der Waals surface area contributed by atoms with Gasteiger partial charge in [-0.05, 0) is 44.8 Å². The number of ketones is 1. The van der Waals surface area contributed by atoms with Gasteiger partial charge >= 0.3 is 0 Å². The van der Waals surface area contributed by atoms with Gasteiger partial charge in [-0.1, -0.05) is 20.8 Å². The van der Waals surface area contributed by atoms with Gasteiger partial charge in [0.1, 0.15) is 13.2 Å². The third-order valence-corrected chi connectivity index (χ3v) is 12.0. The van der Waals surface area contributed by atoms with Crippen molar-refractivity contribution < 1.29 is 19.0 Å². The molecule has 0 N–H and O–H groups in total. The second-order valence-corrected chi connectivity index (χ2v) is 15.6. The van der Waals surface area contributed by atoms with Crippen LogP contribution in [0.5, 0.6) is 11.5 Å². The molecular formula is C18H25IO4S. The van der Waals surface area contributed by atoms with E-state index >= 15 is 0 Å². The predicted octanol–water partition coefficient (Wildman–Crippen LogP) is 4.24. The molecule has 1 aromatic carbocycles. The first-order chi connectivity index (χ1) is 11.3. The van der Waals surface area contributed by atoms with Gasteiger partial charge in [-0.15, -0.1) is 0 Å². The number of ether oxygens (including phenoxy) is 3. The van der Waals surface area contributed by atoms with Crippen molar-refractivity contribution >= 4 is 34.2 Å². The largest absolute Gasteiger partial charge is 0.486 e. The molecule has 2 aliphatic rings. The van der Waals surface area contributed by atoms with Crippen molar-refractivity contribution in [2.45, 2.75) is 26.0 Å². The summed E-state index contributed by atoms with van der Waals surface area (Å²) in [6.45, 7) is 9.15. The van der Waals surface area contributed by atoms with Gasteiger partial charge in [0, 0.05) is 17.1 Å². The molecule has 2 aliphatic heterocycles. The molecule has 24 heavy (non-hydrogen) atoms. The molecule has 0 radical (unpaired) electrons. The van der Waals surface area contributed by atoms with E-state index in [0.717, 1.165) is 36.0 Å². The average molecular weight is 464 g/mol. The van der Waals surface area contributed by atoms with Crippen molar-refractivity contribution in [1.29, 1.82) is 0 Å². The van der Waals surface area contributed by atoms with Crippen LogP contribution in [0.1, 0.15) is 31.1 Å². The lowest BCUT2D eigenvalue weighted by Gasteiger charge is -2.48. The molecule has 4 nitrogen and oxygen atoms in total. The summed E-state index contributed by atoms with van der Waals surface area (Å²) in [7, 11) is -1.08. The van der Waals surface area contributed by atoms with E-state index in [4.69, 9.17) is 14.2 Å². The maximum atomic E-state index is 13.5. The van der Waals surface area contributed by atoms with Crippen LogP contribution in [0.4, 0.5) is 0 Å². The number of hydrogen-bond donors (Lipinski definition) is 0. The fraction of sp³-hybridized carbons (Fsp3) is 0.611. The molecule has 1 unspecified atom stereocenters. The predicted molar refractivity (Wildman–Crippen MR) is 107 cm³/mol. The molecule has 0 amide bonds. The molecule has 0 bridgehead atoms. The summed E-state index contributed by atoms with van der Waals surface area (Å²) in [5.41, 5.74) is 0.646. The lowest BCUT2D eigenvalue weighted by Crippen LogP contribution is -2.42. The normalized spacial score (nSPS) is 22.5. The van der Waals surface area contributed by atoms with Crippen LogP contribution in [0.2, 0.25) is 0 Å². The van der Waals surface area contributed by atoms with Crippen molar-refractivity contribution in [1.82, 2.24) is 0 Å². The Labute approximate surface area is 157 Å². The summed E-state index contributed by atoms with van der Waals surface area (Å²) in [4.78, 5) is 13.5. The Morgan fingerprint density at radius 1 is 1.08 bits per heavy atom. The highest BCUT2D eigenvalue weighted by molar-refractivity contribution is 14.2. The maximum absolute atomic E-state index is 13.5. The van der Waals surface area contributed by atoms with E-state index in [0.29, 0.717) is 19.0 Å². The number of benzene rings is 1. The summed E-state index contributed by atoms with van der Waals surface area (Å²) < 4.78 is 16.8. The zero-order valence-corrected chi connectivity index (χ0v) is 17.4. The second kappa shape index (κ2) is 7.03. The minimum Gasteiger partial charge on any atom is -0.486 e. The number of Topliss-reactive ketones (excluding diaryl/α,β-unsaturated/α-hetero) is 1. The van der Waals surface area contributed by atoms with E-state index in [2.05, 4.69) is 42.0 Å². The molecule has 0 aromatic heterocycles. The van der Waals surface area contributed by atoms with Gasteiger partial charge in [0.2, 0.25) is 0 Å². The molecule has 2 heterocycles. The van der Waals surface area contributed by atoms with E-state index in [1.54, 1.807) is 0 Å². The van der Waals surface area contributed by atoms with Crippen LogP contribution in [0.3, 0.4) is 0 Å². The van der Waals surface area contributed by atoms with Gasteiger partial charge in [-0.2, -0.15) is 7.20 Å². The van der Waals surface area contributed by atoms with Crippen LogP contribution in [0, 0.1) is 5.41 Å². The molecule has 0 saturated carbocycles. The van der Waals surface area contributed by atoms with Crippen LogP contribution < -0.4 is 9.47 Å². The summed E-state index contributed by atoms with van der Waals surface area (Å²) in [6, 6.07) is 5.60. The van der Waals surface area contributed by atoms with Crippen molar-refractivity contribution in [2.75, 3.05) is 37.9 Å². The highest BCUT2D eigenvalue weighted by atomic mass is 127. The quantitative estimate of drug-likeness (QED) is 0.496. The standard InChI is InChI=1S/C18H25IO4S/c1-18(2,3)17(24(19)10-8-21-9-11-24)16(20)13-4-5-14-15(12-13)23-7-6-22-14/h4-5,12,17H,6-11H2,1-3H3. The number of carbonyl (C=O) groups excluding carboxylic acids is 1. The van der Waals surface area contributed by atoms with Gasteiger partial charge in [0.25, 0.3) is 0 Å². The smallest absolute Gasteiger partial charge is 0.175 e. The van der Waals surface area contributed by atoms with Crippen molar-refractivity contribution in [3.05, 3.63) is 23.8 Å². The molecule has 1 fully saturated rings. The SMILES string of the molecule is CC(C)(C)C(C(=O)c1ccc2c(c1)OCCO2)S1(I)CCOCC1. The summed E-state index contributed by atoms with van der Waals surface area (Å²) in [6.07, 6.45) is 0. The van der Waals surface area contributed by atoms with E-state index in [-0.39, 0.29) is 16.4 Å². The number of rotatable bonds is 3. The third kappa shape index (κ3) is 3.70. The van der Waals surface area contributed by atoms with E-state index < -0.39 is 7.20 Å². The lowest BCUT2D eigenvalue weighted by atomic mass is 9.87. The average Bonchev–Trinajstić information content (AvgIpc) is 2.53. The van der Waals surface area contributed by atoms with Crippen LogP contribution in [0.25, 0.3) is 0 Å². The van der Waals surface area contributed by atoms with Crippen LogP contribution in [-0.4, -0.2) is 49.0 Å². The van der Waals surface area contributed by atoms with Crippen LogP contribution in [0.15, 0.2) is 18.2 Å². The van der Waals surface area contributed by atoms with Crippen molar-refractivity contribution in [2.24, 2.45) is 5.41 Å². The Morgan fingerprint density at radius 2 is 1.71 bits per heavy atom. The molecule has 134 valence electrons. The summed E-state index contributed by atoms with van der Waals surface area (Å²) >= 11 is 2.59. The molecule has 0 spiro atoms. The molecule has 6 heteroatoms.